The normalized spacial score (nSPS) is 10.9. The number of halogens is 2. The van der Waals surface area contributed by atoms with Crippen molar-refractivity contribution in [2.45, 2.75) is 6.92 Å². The van der Waals surface area contributed by atoms with Gasteiger partial charge in [0.25, 0.3) is 0 Å². The van der Waals surface area contributed by atoms with Crippen molar-refractivity contribution in [2.24, 2.45) is 7.05 Å². The Balaban J connectivity index is 2.96. The molecular formula is C11H9ClFNO. The highest BCUT2D eigenvalue weighted by Gasteiger charge is 2.13. The highest BCUT2D eigenvalue weighted by molar-refractivity contribution is 6.31. The third-order valence-electron chi connectivity index (χ3n) is 2.66. The minimum Gasteiger partial charge on any atom is -0.341 e. The summed E-state index contributed by atoms with van der Waals surface area (Å²) < 4.78 is 14.9. The zero-order valence-corrected chi connectivity index (χ0v) is 9.10. The van der Waals surface area contributed by atoms with Crippen LogP contribution >= 0.6 is 11.6 Å². The summed E-state index contributed by atoms with van der Waals surface area (Å²) in [7, 11) is 1.73. The van der Waals surface area contributed by atoms with Crippen molar-refractivity contribution in [2.75, 3.05) is 0 Å². The number of benzene rings is 1. The molecule has 1 aromatic heterocycles. The molecule has 0 aliphatic rings. The van der Waals surface area contributed by atoms with Crippen molar-refractivity contribution in [1.29, 1.82) is 0 Å². The first kappa shape index (κ1) is 10.2. The van der Waals surface area contributed by atoms with Crippen LogP contribution in [-0.4, -0.2) is 10.9 Å². The lowest BCUT2D eigenvalue weighted by Gasteiger charge is -1.98. The molecule has 0 bridgehead atoms. The second-order valence-electron chi connectivity index (χ2n) is 3.47. The molecule has 0 aliphatic carbocycles. The van der Waals surface area contributed by atoms with Gasteiger partial charge in [0.2, 0.25) is 0 Å². The van der Waals surface area contributed by atoms with Crippen molar-refractivity contribution in [3.05, 3.63) is 34.2 Å². The second-order valence-corrected chi connectivity index (χ2v) is 3.88. The smallest absolute Gasteiger partial charge is 0.166 e. The topological polar surface area (TPSA) is 22.0 Å². The Morgan fingerprint density at radius 3 is 2.73 bits per heavy atom. The number of rotatable bonds is 1. The molecule has 0 radical (unpaired) electrons. The molecular weight excluding hydrogens is 217 g/mol. The maximum atomic E-state index is 13.2. The minimum absolute atomic E-state index is 0.0775. The fourth-order valence-corrected chi connectivity index (χ4v) is 1.96. The summed E-state index contributed by atoms with van der Waals surface area (Å²) in [6, 6.07) is 2.90. The van der Waals surface area contributed by atoms with Crippen LogP contribution in [0.25, 0.3) is 10.9 Å². The number of nitrogens with zero attached hydrogens (tertiary/aromatic N) is 1. The molecule has 15 heavy (non-hydrogen) atoms. The zero-order valence-electron chi connectivity index (χ0n) is 8.34. The van der Waals surface area contributed by atoms with E-state index in [-0.39, 0.29) is 5.02 Å². The monoisotopic (exact) mass is 225 g/mol. The van der Waals surface area contributed by atoms with Gasteiger partial charge in [0, 0.05) is 12.4 Å². The predicted molar refractivity (Wildman–Crippen MR) is 58.0 cm³/mol. The van der Waals surface area contributed by atoms with Crippen molar-refractivity contribution < 1.29 is 9.18 Å². The average Bonchev–Trinajstić information content (AvgIpc) is 2.42. The summed E-state index contributed by atoms with van der Waals surface area (Å²) in [5.74, 6) is -0.470. The summed E-state index contributed by atoms with van der Waals surface area (Å²) >= 11 is 5.69. The standard InChI is InChI=1S/C11H9ClFNO/c1-6-7-3-8(12)9(13)4-10(7)14(2)11(6)5-15/h3-5H,1-2H3. The first-order valence-corrected chi connectivity index (χ1v) is 4.83. The highest BCUT2D eigenvalue weighted by Crippen LogP contribution is 2.28. The van der Waals surface area contributed by atoms with Crippen molar-refractivity contribution in [3.63, 3.8) is 0 Å². The first-order chi connectivity index (χ1) is 7.06. The lowest BCUT2D eigenvalue weighted by atomic mass is 10.1. The summed E-state index contributed by atoms with van der Waals surface area (Å²) in [4.78, 5) is 10.8. The van der Waals surface area contributed by atoms with Gasteiger partial charge in [-0.2, -0.15) is 0 Å². The molecule has 0 atom stereocenters. The Kier molecular flexibility index (Phi) is 2.27. The molecule has 2 nitrogen and oxygen atoms in total. The fraction of sp³-hybridized carbons (Fsp3) is 0.182. The van der Waals surface area contributed by atoms with Crippen LogP contribution in [0.4, 0.5) is 4.39 Å². The summed E-state index contributed by atoms with van der Waals surface area (Å²) in [5.41, 5.74) is 2.05. The fourth-order valence-electron chi connectivity index (χ4n) is 1.80. The molecule has 0 saturated heterocycles. The van der Waals surface area contributed by atoms with Crippen molar-refractivity contribution in [3.8, 4) is 0 Å². The average molecular weight is 226 g/mol. The Labute approximate surface area is 91.3 Å². The summed E-state index contributed by atoms with van der Waals surface area (Å²) in [6.07, 6.45) is 0.765. The van der Waals surface area contributed by atoms with E-state index in [1.54, 1.807) is 17.7 Å². The van der Waals surface area contributed by atoms with Crippen LogP contribution in [0.1, 0.15) is 16.1 Å². The van der Waals surface area contributed by atoms with E-state index in [1.807, 2.05) is 6.92 Å². The molecule has 0 fully saturated rings. The Morgan fingerprint density at radius 1 is 1.47 bits per heavy atom. The highest BCUT2D eigenvalue weighted by atomic mass is 35.5. The molecule has 78 valence electrons. The molecule has 1 heterocycles. The largest absolute Gasteiger partial charge is 0.341 e. The van der Waals surface area contributed by atoms with Gasteiger partial charge >= 0.3 is 0 Å². The lowest BCUT2D eigenvalue weighted by Crippen LogP contribution is -1.95. The number of carbonyl (C=O) groups excluding carboxylic acids is 1. The van der Waals surface area contributed by atoms with E-state index < -0.39 is 5.82 Å². The predicted octanol–water partition coefficient (Wildman–Crippen LogP) is 3.09. The molecule has 2 aromatic rings. The number of fused-ring (bicyclic) bond motifs is 1. The minimum atomic E-state index is -0.470. The quantitative estimate of drug-likeness (QED) is 0.684. The lowest BCUT2D eigenvalue weighted by molar-refractivity contribution is 0.111. The SMILES string of the molecule is Cc1c(C=O)n(C)c2cc(F)c(Cl)cc12. The van der Waals surface area contributed by atoms with Crippen LogP contribution in [0.15, 0.2) is 12.1 Å². The van der Waals surface area contributed by atoms with Crippen LogP contribution in [0.2, 0.25) is 5.02 Å². The molecule has 0 unspecified atom stereocenters. The number of carbonyl (C=O) groups is 1. The Hall–Kier alpha value is -1.35. The van der Waals surface area contributed by atoms with E-state index in [0.717, 1.165) is 17.2 Å². The number of hydrogen-bond acceptors (Lipinski definition) is 1. The molecule has 0 aliphatic heterocycles. The van der Waals surface area contributed by atoms with Gasteiger partial charge in [0.1, 0.15) is 5.82 Å². The van der Waals surface area contributed by atoms with Gasteiger partial charge in [-0.05, 0) is 24.6 Å². The van der Waals surface area contributed by atoms with Gasteiger partial charge in [-0.1, -0.05) is 11.6 Å². The van der Waals surface area contributed by atoms with E-state index in [9.17, 15) is 9.18 Å². The molecule has 0 saturated carbocycles. The molecule has 0 spiro atoms. The van der Waals surface area contributed by atoms with E-state index in [2.05, 4.69) is 0 Å². The van der Waals surface area contributed by atoms with Crippen LogP contribution in [0.5, 0.6) is 0 Å². The van der Waals surface area contributed by atoms with E-state index in [4.69, 9.17) is 11.6 Å². The number of hydrogen-bond donors (Lipinski definition) is 0. The van der Waals surface area contributed by atoms with Crippen LogP contribution in [-0.2, 0) is 7.05 Å². The van der Waals surface area contributed by atoms with Gasteiger partial charge in [0.15, 0.2) is 6.29 Å². The van der Waals surface area contributed by atoms with E-state index in [1.165, 1.54) is 6.07 Å². The maximum absolute atomic E-state index is 13.2. The third-order valence-corrected chi connectivity index (χ3v) is 2.95. The Bertz CT molecular complexity index is 514. The van der Waals surface area contributed by atoms with Crippen LogP contribution < -0.4 is 0 Å². The molecule has 2 rings (SSSR count). The molecule has 1 aromatic carbocycles. The molecule has 0 amide bonds. The number of aryl methyl sites for hydroxylation is 2. The van der Waals surface area contributed by atoms with Gasteiger partial charge in [-0.25, -0.2) is 4.39 Å². The van der Waals surface area contributed by atoms with Gasteiger partial charge < -0.3 is 4.57 Å². The first-order valence-electron chi connectivity index (χ1n) is 4.45. The van der Waals surface area contributed by atoms with Crippen molar-refractivity contribution >= 4 is 28.8 Å². The number of aromatic nitrogens is 1. The molecule has 4 heteroatoms. The van der Waals surface area contributed by atoms with Gasteiger partial charge in [-0.3, -0.25) is 4.79 Å². The van der Waals surface area contributed by atoms with Gasteiger partial charge in [0.05, 0.1) is 16.2 Å². The van der Waals surface area contributed by atoms with E-state index in [0.29, 0.717) is 11.2 Å². The second kappa shape index (κ2) is 3.35. The summed E-state index contributed by atoms with van der Waals surface area (Å²) in [6.45, 7) is 1.82. The molecule has 0 N–H and O–H groups in total. The zero-order chi connectivity index (χ0) is 11.2. The maximum Gasteiger partial charge on any atom is 0.166 e. The van der Waals surface area contributed by atoms with Crippen LogP contribution in [0.3, 0.4) is 0 Å². The van der Waals surface area contributed by atoms with Gasteiger partial charge in [-0.15, -0.1) is 0 Å². The summed E-state index contributed by atoms with van der Waals surface area (Å²) in [5, 5.41) is 0.889. The van der Waals surface area contributed by atoms with Crippen molar-refractivity contribution in [1.82, 2.24) is 4.57 Å². The van der Waals surface area contributed by atoms with Crippen LogP contribution in [0, 0.1) is 12.7 Å². The number of aldehydes is 1. The van der Waals surface area contributed by atoms with E-state index >= 15 is 0 Å². The third kappa shape index (κ3) is 1.35. The Morgan fingerprint density at radius 2 is 2.13 bits per heavy atom.